The van der Waals surface area contributed by atoms with Crippen molar-refractivity contribution in [3.63, 3.8) is 0 Å². The Labute approximate surface area is 288 Å². The Hall–Kier alpha value is -2.61. The number of hydrogen-bond donors (Lipinski definition) is 0. The Bertz CT molecular complexity index is 1580. The molecule has 0 unspecified atom stereocenters. The fraction of sp³-hybridized carbons (Fsp3) is 0.268. The van der Waals surface area contributed by atoms with Crippen molar-refractivity contribution in [3.05, 3.63) is 150 Å². The van der Waals surface area contributed by atoms with E-state index in [0.717, 1.165) is 6.42 Å². The molecule has 0 N–H and O–H groups in total. The molecule has 0 atom stereocenters. The van der Waals surface area contributed by atoms with E-state index in [1.54, 1.807) is 3.81 Å². The summed E-state index contributed by atoms with van der Waals surface area (Å²) in [4.78, 5) is 0. The second-order valence-corrected chi connectivity index (χ2v) is 13.6. The monoisotopic (exact) mass is 652 g/mol. The van der Waals surface area contributed by atoms with Crippen molar-refractivity contribution >= 4 is 25.4 Å². The van der Waals surface area contributed by atoms with E-state index in [9.17, 15) is 0 Å². The Balaban J connectivity index is 0.000000343. The molecule has 0 nitrogen and oxygen atoms in total. The summed E-state index contributed by atoms with van der Waals surface area (Å²) in [6.07, 6.45) is 15.7. The van der Waals surface area contributed by atoms with E-state index >= 15 is 0 Å². The molecule has 226 valence electrons. The third kappa shape index (κ3) is 8.35. The summed E-state index contributed by atoms with van der Waals surface area (Å²) < 4.78 is 1.70. The van der Waals surface area contributed by atoms with E-state index in [1.807, 2.05) is 12.2 Å². The first kappa shape index (κ1) is 35.9. The Morgan fingerprint density at radius 2 is 1.07 bits per heavy atom. The minimum absolute atomic E-state index is 0. The van der Waals surface area contributed by atoms with Crippen molar-refractivity contribution in [2.75, 3.05) is 0 Å². The second kappa shape index (κ2) is 16.1. The fourth-order valence-corrected chi connectivity index (χ4v) is 6.51. The van der Waals surface area contributed by atoms with Gasteiger partial charge in [-0.25, -0.2) is 12.2 Å². The van der Waals surface area contributed by atoms with Crippen LogP contribution >= 0.6 is 0 Å². The van der Waals surface area contributed by atoms with Gasteiger partial charge in [0, 0.05) is 10.8 Å². The van der Waals surface area contributed by atoms with E-state index in [1.165, 1.54) is 69.5 Å². The summed E-state index contributed by atoms with van der Waals surface area (Å²) in [5.74, 6) is 0. The van der Waals surface area contributed by atoms with E-state index in [2.05, 4.69) is 163 Å². The van der Waals surface area contributed by atoms with Crippen LogP contribution in [0, 0.1) is 6.08 Å². The van der Waals surface area contributed by atoms with Crippen LogP contribution in [0.5, 0.6) is 0 Å². The zero-order valence-corrected chi connectivity index (χ0v) is 29.4. The number of rotatable bonds is 4. The molecule has 44 heavy (non-hydrogen) atoms. The third-order valence-corrected chi connectivity index (χ3v) is 9.72. The molecule has 1 fully saturated rings. The number of hydrogen-bond acceptors (Lipinski definition) is 0. The van der Waals surface area contributed by atoms with Gasteiger partial charge in [-0.3, -0.25) is 6.08 Å². The normalized spacial score (nSPS) is 13.9. The molecule has 0 bridgehead atoms. The Kier molecular flexibility index (Phi) is 13.1. The topological polar surface area (TPSA) is 0 Å². The first-order chi connectivity index (χ1) is 20.3. The predicted molar refractivity (Wildman–Crippen MR) is 179 cm³/mol. The molecule has 7 rings (SSSR count). The van der Waals surface area contributed by atoms with Crippen molar-refractivity contribution in [3.8, 4) is 0 Å². The Morgan fingerprint density at radius 1 is 0.614 bits per heavy atom. The van der Waals surface area contributed by atoms with Gasteiger partial charge in [0.25, 0.3) is 0 Å². The van der Waals surface area contributed by atoms with Crippen molar-refractivity contribution in [1.82, 2.24) is 0 Å². The molecular weight excluding hydrogens is 611 g/mol. The molecule has 0 amide bonds. The van der Waals surface area contributed by atoms with Gasteiger partial charge in [0.2, 0.25) is 0 Å². The molecule has 0 radical (unpaired) electrons. The predicted octanol–water partition coefficient (Wildman–Crippen LogP) is 4.96. The van der Waals surface area contributed by atoms with Crippen LogP contribution in [-0.2, 0) is 30.8 Å². The second-order valence-electron chi connectivity index (χ2n) is 12.5. The first-order valence-electron chi connectivity index (χ1n) is 15.3. The van der Waals surface area contributed by atoms with E-state index in [4.69, 9.17) is 0 Å². The van der Waals surface area contributed by atoms with Gasteiger partial charge >= 0.3 is 49.5 Å². The van der Waals surface area contributed by atoms with Gasteiger partial charge < -0.3 is 24.8 Å². The van der Waals surface area contributed by atoms with Crippen LogP contribution in [0.4, 0.5) is 0 Å². The van der Waals surface area contributed by atoms with Gasteiger partial charge in [-0.05, 0) is 11.1 Å². The fourth-order valence-electron chi connectivity index (χ4n) is 5.96. The van der Waals surface area contributed by atoms with E-state index in [0.29, 0.717) is 0 Å². The summed E-state index contributed by atoms with van der Waals surface area (Å²) >= 11 is 2.26. The van der Waals surface area contributed by atoms with Crippen molar-refractivity contribution < 1.29 is 44.8 Å². The van der Waals surface area contributed by atoms with Crippen LogP contribution in [0.1, 0.15) is 82.1 Å². The molecule has 0 aliphatic heterocycles. The quantitative estimate of drug-likeness (QED) is 0.190. The Morgan fingerprint density at radius 3 is 1.39 bits per heavy atom. The van der Waals surface area contributed by atoms with Crippen molar-refractivity contribution in [1.29, 1.82) is 0 Å². The molecular formula is C41H42Cl2Ti-2. The molecule has 2 aliphatic rings. The summed E-state index contributed by atoms with van der Waals surface area (Å²) in [7, 11) is 0. The number of allylic oxidation sites excluding steroid dienone is 4. The van der Waals surface area contributed by atoms with Crippen LogP contribution in [0.2, 0.25) is 0 Å². The van der Waals surface area contributed by atoms with Crippen molar-refractivity contribution in [2.45, 2.75) is 70.6 Å². The molecule has 2 aliphatic carbocycles. The van der Waals surface area contributed by atoms with Crippen LogP contribution in [0.25, 0.3) is 21.5 Å². The van der Waals surface area contributed by atoms with Crippen LogP contribution in [-0.4, -0.2) is 3.81 Å². The molecule has 0 heterocycles. The molecule has 0 aromatic heterocycles. The minimum atomic E-state index is -0.0417. The molecule has 0 saturated heterocycles. The van der Waals surface area contributed by atoms with Gasteiger partial charge in [-0.15, -0.1) is 46.2 Å². The first-order valence-corrected chi connectivity index (χ1v) is 16.1. The van der Waals surface area contributed by atoms with Gasteiger partial charge in [0.15, 0.2) is 0 Å². The zero-order chi connectivity index (χ0) is 29.6. The number of halogens is 2. The average molecular weight is 654 g/mol. The SMILES string of the molecule is CC(C)(c1ccccc1)c1ccc2[cH-]c3ccc(C(C)(C)c4ccccc4)cc3c2c1.[C-]1=CC=CC1.[Cl-].[Cl-].[Ti+2]=[C]1CCCC1. The van der Waals surface area contributed by atoms with E-state index in [-0.39, 0.29) is 35.6 Å². The van der Waals surface area contributed by atoms with E-state index < -0.39 is 0 Å². The third-order valence-electron chi connectivity index (χ3n) is 8.94. The molecule has 0 spiro atoms. The summed E-state index contributed by atoms with van der Waals surface area (Å²) in [6.45, 7) is 9.27. The number of fused-ring (bicyclic) bond motifs is 3. The summed E-state index contributed by atoms with van der Waals surface area (Å²) in [6, 6.07) is 37.9. The van der Waals surface area contributed by atoms with Gasteiger partial charge in [-0.2, -0.15) is 6.08 Å². The van der Waals surface area contributed by atoms with Gasteiger partial charge in [0.1, 0.15) is 0 Å². The molecule has 5 aromatic carbocycles. The van der Waals surface area contributed by atoms with Gasteiger partial charge in [-0.1, -0.05) is 124 Å². The summed E-state index contributed by atoms with van der Waals surface area (Å²) in [5.41, 5.74) is 5.31. The molecule has 3 heteroatoms. The van der Waals surface area contributed by atoms with Crippen molar-refractivity contribution in [2.24, 2.45) is 0 Å². The van der Waals surface area contributed by atoms with Crippen LogP contribution < -0.4 is 24.8 Å². The molecule has 1 saturated carbocycles. The maximum atomic E-state index is 2.99. The maximum absolute atomic E-state index is 2.99. The zero-order valence-electron chi connectivity index (χ0n) is 26.3. The van der Waals surface area contributed by atoms with Crippen LogP contribution in [0.3, 0.4) is 0 Å². The average Bonchev–Trinajstić information content (AvgIpc) is 3.81. The van der Waals surface area contributed by atoms with Crippen LogP contribution in [0.15, 0.2) is 121 Å². The molecule has 5 aromatic rings. The van der Waals surface area contributed by atoms with Gasteiger partial charge in [0.05, 0.1) is 0 Å². The number of benzene rings is 4. The standard InChI is InChI=1S/C31H29.C5H8.C5H5.2ClH.Ti/c1-30(2,24-11-7-5-8-12-24)26-17-15-22-19-23-16-18-27(21-29(23)28(22)20-26)31(3,4)25-13-9-6-10-14-25;2*1-2-4-5-3-1;;;/h5-21H,1-4H3;1-4H2;1-3H,4H2;2*1H;/q-1;;-1;;;+2/p-2. The summed E-state index contributed by atoms with van der Waals surface area (Å²) in [5, 5.41) is 5.33.